The number of rotatable bonds is 4. The number of aromatic nitrogens is 1. The maximum Gasteiger partial charge on any atom is 0.306 e. The number of nitrogens with one attached hydrogen (secondary N) is 2. The second-order valence-corrected chi connectivity index (χ2v) is 2.71. The summed E-state index contributed by atoms with van der Waals surface area (Å²) in [5.41, 5.74) is 0. The summed E-state index contributed by atoms with van der Waals surface area (Å²) in [7, 11) is 1.30. The lowest BCUT2D eigenvalue weighted by Gasteiger charge is -2.01. The molecular formula is C9H12N2O3. The predicted molar refractivity (Wildman–Crippen MR) is 50.7 cm³/mol. The highest BCUT2D eigenvalue weighted by atomic mass is 16.5. The summed E-state index contributed by atoms with van der Waals surface area (Å²) in [6.07, 6.45) is 1.94. The van der Waals surface area contributed by atoms with Gasteiger partial charge in [-0.3, -0.25) is 9.59 Å². The van der Waals surface area contributed by atoms with Gasteiger partial charge in [-0.1, -0.05) is 0 Å². The van der Waals surface area contributed by atoms with Crippen molar-refractivity contribution in [2.75, 3.05) is 12.4 Å². The Hall–Kier alpha value is -1.78. The van der Waals surface area contributed by atoms with E-state index in [2.05, 4.69) is 15.0 Å². The van der Waals surface area contributed by atoms with Crippen LogP contribution in [0.2, 0.25) is 0 Å². The lowest BCUT2D eigenvalue weighted by molar-refractivity contribution is -0.141. The minimum Gasteiger partial charge on any atom is -0.469 e. The van der Waals surface area contributed by atoms with Crippen molar-refractivity contribution in [3.63, 3.8) is 0 Å². The molecule has 0 bridgehead atoms. The third-order valence-corrected chi connectivity index (χ3v) is 1.66. The number of H-pyrrole nitrogens is 1. The molecule has 0 aliphatic heterocycles. The van der Waals surface area contributed by atoms with Gasteiger partial charge in [0.25, 0.3) is 0 Å². The van der Waals surface area contributed by atoms with E-state index in [9.17, 15) is 9.59 Å². The minimum absolute atomic E-state index is 0.100. The summed E-state index contributed by atoms with van der Waals surface area (Å²) in [6, 6.07) is 3.51. The average molecular weight is 196 g/mol. The van der Waals surface area contributed by atoms with E-state index in [-0.39, 0.29) is 24.7 Å². The van der Waals surface area contributed by atoms with Crippen LogP contribution in [-0.2, 0) is 14.3 Å². The molecule has 0 aromatic carbocycles. The molecule has 1 amide bonds. The Morgan fingerprint density at radius 1 is 1.50 bits per heavy atom. The molecular weight excluding hydrogens is 184 g/mol. The second-order valence-electron chi connectivity index (χ2n) is 2.71. The molecule has 2 N–H and O–H groups in total. The monoisotopic (exact) mass is 196 g/mol. The van der Waals surface area contributed by atoms with E-state index in [1.807, 2.05) is 0 Å². The summed E-state index contributed by atoms with van der Waals surface area (Å²) >= 11 is 0. The molecule has 0 aliphatic rings. The normalized spacial score (nSPS) is 9.50. The zero-order chi connectivity index (χ0) is 10.4. The molecule has 0 radical (unpaired) electrons. The maximum absolute atomic E-state index is 11.2. The number of carbonyl (C=O) groups is 2. The van der Waals surface area contributed by atoms with E-state index in [1.165, 1.54) is 7.11 Å². The van der Waals surface area contributed by atoms with Crippen molar-refractivity contribution in [1.29, 1.82) is 0 Å². The van der Waals surface area contributed by atoms with Gasteiger partial charge in [-0.25, -0.2) is 0 Å². The van der Waals surface area contributed by atoms with Crippen molar-refractivity contribution in [2.24, 2.45) is 0 Å². The first kappa shape index (κ1) is 10.3. The summed E-state index contributed by atoms with van der Waals surface area (Å²) < 4.78 is 4.41. The Balaban J connectivity index is 2.26. The van der Waals surface area contributed by atoms with Crippen molar-refractivity contribution in [1.82, 2.24) is 4.98 Å². The number of methoxy groups -OCH3 is 1. The van der Waals surface area contributed by atoms with Gasteiger partial charge in [0, 0.05) is 12.6 Å². The van der Waals surface area contributed by atoms with Crippen LogP contribution < -0.4 is 5.32 Å². The molecule has 1 aromatic rings. The van der Waals surface area contributed by atoms with Crippen LogP contribution in [0.25, 0.3) is 0 Å². The Morgan fingerprint density at radius 3 is 2.86 bits per heavy atom. The summed E-state index contributed by atoms with van der Waals surface area (Å²) in [5, 5.41) is 2.60. The second kappa shape index (κ2) is 5.06. The van der Waals surface area contributed by atoms with Gasteiger partial charge in [0.15, 0.2) is 0 Å². The first-order valence-corrected chi connectivity index (χ1v) is 4.22. The molecule has 0 atom stereocenters. The van der Waals surface area contributed by atoms with E-state index in [1.54, 1.807) is 18.3 Å². The van der Waals surface area contributed by atoms with Crippen LogP contribution in [0.1, 0.15) is 12.8 Å². The molecule has 0 spiro atoms. The van der Waals surface area contributed by atoms with Gasteiger partial charge in [-0.05, 0) is 12.1 Å². The van der Waals surface area contributed by atoms with E-state index >= 15 is 0 Å². The quantitative estimate of drug-likeness (QED) is 0.703. The Labute approximate surface area is 81.5 Å². The van der Waals surface area contributed by atoms with Crippen molar-refractivity contribution < 1.29 is 14.3 Å². The van der Waals surface area contributed by atoms with Crippen LogP contribution in [0.15, 0.2) is 18.3 Å². The smallest absolute Gasteiger partial charge is 0.306 e. The third-order valence-electron chi connectivity index (χ3n) is 1.66. The van der Waals surface area contributed by atoms with Gasteiger partial charge in [0.05, 0.1) is 13.5 Å². The number of hydrogen-bond donors (Lipinski definition) is 2. The number of hydrogen-bond acceptors (Lipinski definition) is 3. The molecule has 5 heteroatoms. The number of anilines is 1. The van der Waals surface area contributed by atoms with Crippen LogP contribution in [0.3, 0.4) is 0 Å². The van der Waals surface area contributed by atoms with Crippen LogP contribution >= 0.6 is 0 Å². The Bertz CT molecular complexity index is 306. The fourth-order valence-electron chi connectivity index (χ4n) is 0.938. The molecule has 5 nitrogen and oxygen atoms in total. The molecule has 0 fully saturated rings. The number of ether oxygens (including phenoxy) is 1. The topological polar surface area (TPSA) is 71.2 Å². The SMILES string of the molecule is COC(=O)CCC(=O)Nc1ccc[nH]1. The lowest BCUT2D eigenvalue weighted by Crippen LogP contribution is -2.13. The number of amides is 1. The van der Waals surface area contributed by atoms with Crippen molar-refractivity contribution in [3.05, 3.63) is 18.3 Å². The molecule has 0 saturated carbocycles. The van der Waals surface area contributed by atoms with Gasteiger partial charge >= 0.3 is 5.97 Å². The zero-order valence-corrected chi connectivity index (χ0v) is 7.87. The first-order valence-electron chi connectivity index (χ1n) is 4.22. The van der Waals surface area contributed by atoms with Crippen molar-refractivity contribution in [2.45, 2.75) is 12.8 Å². The summed E-state index contributed by atoms with van der Waals surface area (Å²) in [5.74, 6) is 0.0318. The average Bonchev–Trinajstić information content (AvgIpc) is 2.66. The fourth-order valence-corrected chi connectivity index (χ4v) is 0.938. The maximum atomic E-state index is 11.2. The molecule has 0 unspecified atom stereocenters. The first-order chi connectivity index (χ1) is 6.72. The van der Waals surface area contributed by atoms with Crippen LogP contribution in [0, 0.1) is 0 Å². The Morgan fingerprint density at radius 2 is 2.29 bits per heavy atom. The van der Waals surface area contributed by atoms with Crippen LogP contribution in [0.5, 0.6) is 0 Å². The highest BCUT2D eigenvalue weighted by Gasteiger charge is 2.06. The molecule has 76 valence electrons. The number of esters is 1. The summed E-state index contributed by atoms with van der Waals surface area (Å²) in [6.45, 7) is 0. The number of aromatic amines is 1. The highest BCUT2D eigenvalue weighted by molar-refractivity contribution is 5.91. The van der Waals surface area contributed by atoms with E-state index in [4.69, 9.17) is 0 Å². The zero-order valence-electron chi connectivity index (χ0n) is 7.87. The summed E-state index contributed by atoms with van der Waals surface area (Å²) in [4.78, 5) is 24.7. The van der Waals surface area contributed by atoms with Crippen molar-refractivity contribution >= 4 is 17.7 Å². The van der Waals surface area contributed by atoms with E-state index in [0.717, 1.165) is 0 Å². The molecule has 1 heterocycles. The lowest BCUT2D eigenvalue weighted by atomic mass is 10.3. The van der Waals surface area contributed by atoms with Gasteiger partial charge in [-0.2, -0.15) is 0 Å². The van der Waals surface area contributed by atoms with E-state index < -0.39 is 0 Å². The largest absolute Gasteiger partial charge is 0.469 e. The molecule has 1 rings (SSSR count). The molecule has 0 aliphatic carbocycles. The predicted octanol–water partition coefficient (Wildman–Crippen LogP) is 0.906. The highest BCUT2D eigenvalue weighted by Crippen LogP contribution is 2.02. The number of carbonyl (C=O) groups excluding carboxylic acids is 2. The Kier molecular flexibility index (Phi) is 3.72. The molecule has 1 aromatic heterocycles. The van der Waals surface area contributed by atoms with Crippen molar-refractivity contribution in [3.8, 4) is 0 Å². The van der Waals surface area contributed by atoms with Gasteiger partial charge in [0.1, 0.15) is 5.82 Å². The third kappa shape index (κ3) is 3.30. The molecule has 0 saturated heterocycles. The minimum atomic E-state index is -0.383. The van der Waals surface area contributed by atoms with E-state index in [0.29, 0.717) is 5.82 Å². The van der Waals surface area contributed by atoms with Crippen LogP contribution in [-0.4, -0.2) is 24.0 Å². The standard InChI is InChI=1S/C9H12N2O3/c1-14-9(13)5-4-8(12)11-7-3-2-6-10-7/h2-3,6,10H,4-5H2,1H3,(H,11,12). The van der Waals surface area contributed by atoms with Crippen LogP contribution in [0.4, 0.5) is 5.82 Å². The fraction of sp³-hybridized carbons (Fsp3) is 0.333. The van der Waals surface area contributed by atoms with Gasteiger partial charge < -0.3 is 15.0 Å². The van der Waals surface area contributed by atoms with Gasteiger partial charge in [0.2, 0.25) is 5.91 Å². The molecule has 14 heavy (non-hydrogen) atoms. The van der Waals surface area contributed by atoms with Gasteiger partial charge in [-0.15, -0.1) is 0 Å².